The molecule has 234 valence electrons. The zero-order valence-electron chi connectivity index (χ0n) is 24.9. The number of rotatable bonds is 3. The van der Waals surface area contributed by atoms with Crippen LogP contribution in [0.25, 0.3) is 11.0 Å². The van der Waals surface area contributed by atoms with Gasteiger partial charge in [0.2, 0.25) is 17.3 Å². The molecule has 7 rings (SSSR count). The summed E-state index contributed by atoms with van der Waals surface area (Å²) in [5, 5.41) is 10.4. The van der Waals surface area contributed by atoms with Crippen molar-refractivity contribution in [3.63, 3.8) is 0 Å². The molecule has 1 fully saturated rings. The van der Waals surface area contributed by atoms with Gasteiger partial charge in [-0.1, -0.05) is 11.2 Å². The minimum atomic E-state index is -0.591. The normalized spacial score (nSPS) is 19.1. The average molecular weight is 616 g/mol. The molecule has 0 unspecified atom stereocenters. The molecule has 2 N–H and O–H groups in total. The molecule has 3 aliphatic heterocycles. The third-order valence-corrected chi connectivity index (χ3v) is 7.88. The number of ether oxygens (including phenoxy) is 4. The van der Waals surface area contributed by atoms with Gasteiger partial charge in [0.1, 0.15) is 17.6 Å². The van der Waals surface area contributed by atoms with Crippen LogP contribution < -0.4 is 29.6 Å². The summed E-state index contributed by atoms with van der Waals surface area (Å²) in [6.07, 6.45) is 2.23. The number of aromatic nitrogens is 2. The Bertz CT molecular complexity index is 1720. The number of nitrogens with zero attached hydrogens (tertiary/aromatic N) is 3. The Morgan fingerprint density at radius 1 is 1.02 bits per heavy atom. The van der Waals surface area contributed by atoms with Gasteiger partial charge < -0.3 is 39.0 Å². The van der Waals surface area contributed by atoms with Crippen molar-refractivity contribution >= 4 is 28.8 Å². The van der Waals surface area contributed by atoms with Crippen LogP contribution in [0.4, 0.5) is 0 Å². The number of piperidine rings is 1. The fourth-order valence-corrected chi connectivity index (χ4v) is 5.52. The highest BCUT2D eigenvalue weighted by atomic mass is 16.5. The van der Waals surface area contributed by atoms with Crippen molar-refractivity contribution in [3.05, 3.63) is 71.6 Å². The van der Waals surface area contributed by atoms with E-state index in [4.69, 9.17) is 23.5 Å². The summed E-state index contributed by atoms with van der Waals surface area (Å²) >= 11 is 0. The summed E-state index contributed by atoms with van der Waals surface area (Å²) in [7, 11) is 3.07. The van der Waals surface area contributed by atoms with Gasteiger partial charge in [-0.3, -0.25) is 14.4 Å². The Morgan fingerprint density at radius 2 is 1.89 bits per heavy atom. The van der Waals surface area contributed by atoms with Gasteiger partial charge in [-0.25, -0.2) is 4.98 Å². The van der Waals surface area contributed by atoms with Crippen LogP contribution >= 0.6 is 0 Å². The molecule has 13 nitrogen and oxygen atoms in total. The van der Waals surface area contributed by atoms with Crippen molar-refractivity contribution in [1.82, 2.24) is 25.7 Å². The first-order valence-electron chi connectivity index (χ1n) is 14.6. The van der Waals surface area contributed by atoms with E-state index in [0.717, 1.165) is 11.1 Å². The Morgan fingerprint density at radius 3 is 2.73 bits per heavy atom. The van der Waals surface area contributed by atoms with Crippen LogP contribution in [0.3, 0.4) is 0 Å². The fraction of sp³-hybridized carbons (Fsp3) is 0.344. The lowest BCUT2D eigenvalue weighted by atomic mass is 10.0. The van der Waals surface area contributed by atoms with Crippen LogP contribution in [-0.4, -0.2) is 78.8 Å². The zero-order chi connectivity index (χ0) is 31.3. The maximum absolute atomic E-state index is 13.5. The second-order valence-electron chi connectivity index (χ2n) is 10.8. The molecule has 0 radical (unpaired) electrons. The van der Waals surface area contributed by atoms with Crippen LogP contribution in [0.2, 0.25) is 0 Å². The monoisotopic (exact) mass is 615 g/mol. The van der Waals surface area contributed by atoms with Gasteiger partial charge >= 0.3 is 0 Å². The van der Waals surface area contributed by atoms with E-state index in [1.807, 2.05) is 12.1 Å². The first kappa shape index (κ1) is 29.7. The molecule has 0 saturated carbocycles. The van der Waals surface area contributed by atoms with Crippen LogP contribution in [0.1, 0.15) is 34.5 Å². The number of hydrogen-bond donors (Lipinski definition) is 2. The summed E-state index contributed by atoms with van der Waals surface area (Å²) in [5.74, 6) is 1.11. The number of benzene rings is 2. The van der Waals surface area contributed by atoms with E-state index in [0.29, 0.717) is 53.4 Å². The molecule has 2 atom stereocenters. The van der Waals surface area contributed by atoms with Gasteiger partial charge in [-0.2, -0.15) is 0 Å². The topological polar surface area (TPSA) is 154 Å². The first-order chi connectivity index (χ1) is 21.9. The molecule has 0 spiro atoms. The second kappa shape index (κ2) is 13.1. The van der Waals surface area contributed by atoms with E-state index in [1.54, 1.807) is 54.6 Å². The molecule has 4 bridgehead atoms. The lowest BCUT2D eigenvalue weighted by molar-refractivity contribution is -0.125. The summed E-state index contributed by atoms with van der Waals surface area (Å²) in [6, 6.07) is 13.6. The van der Waals surface area contributed by atoms with Gasteiger partial charge in [-0.15, -0.1) is 0 Å². The molecule has 3 aliphatic rings. The quantitative estimate of drug-likeness (QED) is 0.352. The summed E-state index contributed by atoms with van der Waals surface area (Å²) in [4.78, 5) is 45.2. The molecule has 3 amide bonds. The highest BCUT2D eigenvalue weighted by Gasteiger charge is 2.36. The van der Waals surface area contributed by atoms with Crippen molar-refractivity contribution in [1.29, 1.82) is 0 Å². The SMILES string of the molecule is COc1cc2ccc1CNC(=O)CCc1ccc(OC)c(c1)OCC(=O)N[C@@H]1CN(C(=O)c3onc4ncccc34)CC[C@@H]1O2. The van der Waals surface area contributed by atoms with E-state index in [2.05, 4.69) is 20.8 Å². The molecule has 13 heteroatoms. The van der Waals surface area contributed by atoms with Gasteiger partial charge in [0.05, 0.1) is 25.6 Å². The summed E-state index contributed by atoms with van der Waals surface area (Å²) in [6.45, 7) is 0.473. The van der Waals surface area contributed by atoms with Crippen molar-refractivity contribution in [2.75, 3.05) is 33.9 Å². The minimum Gasteiger partial charge on any atom is -0.496 e. The van der Waals surface area contributed by atoms with Crippen LogP contribution in [-0.2, 0) is 22.6 Å². The van der Waals surface area contributed by atoms with Crippen LogP contribution in [0.15, 0.2) is 59.3 Å². The van der Waals surface area contributed by atoms with Crippen LogP contribution in [0, 0.1) is 0 Å². The van der Waals surface area contributed by atoms with Crippen molar-refractivity contribution < 1.29 is 37.9 Å². The van der Waals surface area contributed by atoms with Gasteiger partial charge in [0, 0.05) is 50.3 Å². The standard InChI is InChI=1S/C32H33N5O8/c1-41-25-9-5-19-6-10-28(38)34-16-20-7-8-21(15-26(20)42-2)44-24-11-13-37(17-23(24)35-29(39)18-43-27(25)14-19)32(40)30-22-4-3-12-33-31(22)36-45-30/h3-5,7-9,12,14-15,23-24H,6,10-11,13,16-18H2,1-2H3,(H,34,38)(H,35,39)/t23-,24+/m1/s1. The van der Waals surface area contributed by atoms with Gasteiger partial charge in [-0.05, 0) is 48.4 Å². The number of methoxy groups -OCH3 is 2. The average Bonchev–Trinajstić information content (AvgIpc) is 3.50. The number of pyridine rings is 1. The maximum Gasteiger partial charge on any atom is 0.293 e. The van der Waals surface area contributed by atoms with Gasteiger partial charge in [0.15, 0.2) is 18.1 Å². The first-order valence-corrected chi connectivity index (χ1v) is 14.6. The molecule has 5 heterocycles. The molecule has 2 aromatic heterocycles. The molecular weight excluding hydrogens is 582 g/mol. The molecule has 45 heavy (non-hydrogen) atoms. The predicted octanol–water partition coefficient (Wildman–Crippen LogP) is 2.66. The highest BCUT2D eigenvalue weighted by Crippen LogP contribution is 2.30. The number of aryl methyl sites for hydroxylation is 1. The molecule has 4 aromatic rings. The number of hydrogen-bond acceptors (Lipinski definition) is 10. The lowest BCUT2D eigenvalue weighted by Gasteiger charge is -2.38. The number of carbonyl (C=O) groups is 3. The number of carbonyl (C=O) groups excluding carboxylic acids is 3. The molecule has 1 saturated heterocycles. The predicted molar refractivity (Wildman–Crippen MR) is 160 cm³/mol. The summed E-state index contributed by atoms with van der Waals surface area (Å²) in [5.41, 5.74) is 1.98. The lowest BCUT2D eigenvalue weighted by Crippen LogP contribution is -2.58. The Labute approximate surface area is 258 Å². The third kappa shape index (κ3) is 6.61. The number of fused-ring (bicyclic) bond motifs is 10. The van der Waals surface area contributed by atoms with E-state index < -0.39 is 18.1 Å². The van der Waals surface area contributed by atoms with Crippen molar-refractivity contribution in [2.24, 2.45) is 0 Å². The summed E-state index contributed by atoms with van der Waals surface area (Å²) < 4.78 is 28.7. The largest absolute Gasteiger partial charge is 0.496 e. The van der Waals surface area contributed by atoms with Crippen molar-refractivity contribution in [3.8, 4) is 23.0 Å². The Kier molecular flexibility index (Phi) is 8.67. The smallest absolute Gasteiger partial charge is 0.293 e. The maximum atomic E-state index is 13.5. The fourth-order valence-electron chi connectivity index (χ4n) is 5.52. The molecule has 2 aromatic carbocycles. The second-order valence-corrected chi connectivity index (χ2v) is 10.8. The van der Waals surface area contributed by atoms with Crippen molar-refractivity contribution in [2.45, 2.75) is 38.0 Å². The van der Waals surface area contributed by atoms with E-state index >= 15 is 0 Å². The minimum absolute atomic E-state index is 0.0858. The Hall–Kier alpha value is -5.33. The molecular formula is C32H33N5O8. The number of nitrogens with one attached hydrogen (secondary N) is 2. The van der Waals surface area contributed by atoms with Crippen LogP contribution in [0.5, 0.6) is 23.0 Å². The van der Waals surface area contributed by atoms with E-state index in [1.165, 1.54) is 7.11 Å². The highest BCUT2D eigenvalue weighted by molar-refractivity contribution is 6.02. The van der Waals surface area contributed by atoms with Gasteiger partial charge in [0.25, 0.3) is 11.8 Å². The Balaban J connectivity index is 1.28. The number of amides is 3. The molecule has 0 aliphatic carbocycles. The third-order valence-electron chi connectivity index (χ3n) is 7.88. The van der Waals surface area contributed by atoms with E-state index in [9.17, 15) is 14.4 Å². The zero-order valence-corrected chi connectivity index (χ0v) is 24.9. The number of likely N-dealkylation sites (tertiary alicyclic amines) is 1. The van der Waals surface area contributed by atoms with E-state index in [-0.39, 0.29) is 43.7 Å².